The first kappa shape index (κ1) is 22.4. The molecule has 0 aromatic carbocycles. The molecule has 0 aliphatic carbocycles. The summed E-state index contributed by atoms with van der Waals surface area (Å²) in [6, 6.07) is 3.63. The summed E-state index contributed by atoms with van der Waals surface area (Å²) >= 11 is 0. The van der Waals surface area contributed by atoms with E-state index >= 15 is 0 Å². The third-order valence-corrected chi connectivity index (χ3v) is 4.63. The minimum Gasteiger partial charge on any atom is -0.326 e. The molecule has 0 unspecified atom stereocenters. The van der Waals surface area contributed by atoms with Crippen molar-refractivity contribution in [2.75, 3.05) is 5.32 Å². The number of nitrogens with zero attached hydrogens (tertiary/aromatic N) is 1. The molecule has 0 saturated carbocycles. The van der Waals surface area contributed by atoms with E-state index in [2.05, 4.69) is 29.4 Å². The quantitative estimate of drug-likeness (QED) is 0.254. The van der Waals surface area contributed by atoms with Crippen molar-refractivity contribution in [1.82, 2.24) is 4.98 Å². The largest absolute Gasteiger partial charge is 0.326 e. The third kappa shape index (κ3) is 13.6. The van der Waals surface area contributed by atoms with Gasteiger partial charge in [0.1, 0.15) is 0 Å². The number of hydrogen-bond acceptors (Lipinski definition) is 2. The maximum Gasteiger partial charge on any atom is 0.224 e. The summed E-state index contributed by atoms with van der Waals surface area (Å²) in [7, 11) is 0. The van der Waals surface area contributed by atoms with Gasteiger partial charge in [-0.3, -0.25) is 9.78 Å². The first-order valence-corrected chi connectivity index (χ1v) is 10.7. The van der Waals surface area contributed by atoms with Crippen molar-refractivity contribution < 1.29 is 4.79 Å². The SMILES string of the molecule is CCCCCCCCC=CCCCCCCCC(=O)Nc1ccncc1. The van der Waals surface area contributed by atoms with Crippen LogP contribution < -0.4 is 5.32 Å². The summed E-state index contributed by atoms with van der Waals surface area (Å²) in [5.74, 6) is 0.105. The summed E-state index contributed by atoms with van der Waals surface area (Å²) in [6.07, 6.45) is 25.3. The highest BCUT2D eigenvalue weighted by Crippen LogP contribution is 2.11. The topological polar surface area (TPSA) is 42.0 Å². The summed E-state index contributed by atoms with van der Waals surface area (Å²) in [5, 5.41) is 2.90. The van der Waals surface area contributed by atoms with E-state index in [-0.39, 0.29) is 5.91 Å². The van der Waals surface area contributed by atoms with E-state index in [0.717, 1.165) is 18.5 Å². The van der Waals surface area contributed by atoms with E-state index in [1.54, 1.807) is 12.4 Å². The van der Waals surface area contributed by atoms with Crippen LogP contribution in [0.15, 0.2) is 36.7 Å². The van der Waals surface area contributed by atoms with Gasteiger partial charge in [0.2, 0.25) is 5.91 Å². The summed E-state index contributed by atoms with van der Waals surface area (Å²) < 4.78 is 0. The number of pyridine rings is 1. The maximum absolute atomic E-state index is 11.8. The van der Waals surface area contributed by atoms with E-state index in [9.17, 15) is 4.79 Å². The van der Waals surface area contributed by atoms with Crippen LogP contribution in [0.1, 0.15) is 96.8 Å². The van der Waals surface area contributed by atoms with E-state index in [1.807, 2.05) is 12.1 Å². The van der Waals surface area contributed by atoms with Crippen LogP contribution >= 0.6 is 0 Å². The Labute approximate surface area is 160 Å². The first-order valence-electron chi connectivity index (χ1n) is 10.7. The fraction of sp³-hybridized carbons (Fsp3) is 0.652. The van der Waals surface area contributed by atoms with Crippen molar-refractivity contribution in [3.05, 3.63) is 36.7 Å². The summed E-state index contributed by atoms with van der Waals surface area (Å²) in [4.78, 5) is 15.7. The zero-order valence-electron chi connectivity index (χ0n) is 16.7. The Bertz CT molecular complexity index is 470. The molecular weight excluding hydrogens is 320 g/mol. The second kappa shape index (κ2) is 16.8. The number of carbonyl (C=O) groups is 1. The van der Waals surface area contributed by atoms with Crippen LogP contribution in [0, 0.1) is 0 Å². The highest BCUT2D eigenvalue weighted by Gasteiger charge is 2.01. The molecule has 3 nitrogen and oxygen atoms in total. The summed E-state index contributed by atoms with van der Waals surface area (Å²) in [6.45, 7) is 2.27. The van der Waals surface area contributed by atoms with E-state index in [1.165, 1.54) is 70.6 Å². The monoisotopic (exact) mass is 358 g/mol. The molecule has 1 amide bonds. The lowest BCUT2D eigenvalue weighted by molar-refractivity contribution is -0.116. The second-order valence-corrected chi connectivity index (χ2v) is 7.12. The molecule has 0 saturated heterocycles. The van der Waals surface area contributed by atoms with Crippen LogP contribution in [0.3, 0.4) is 0 Å². The van der Waals surface area contributed by atoms with Gasteiger partial charge in [-0.25, -0.2) is 0 Å². The number of rotatable bonds is 16. The van der Waals surface area contributed by atoms with Crippen LogP contribution in [0.2, 0.25) is 0 Å². The molecule has 146 valence electrons. The number of allylic oxidation sites excluding steroid dienone is 2. The lowest BCUT2D eigenvalue weighted by Crippen LogP contribution is -2.10. The van der Waals surface area contributed by atoms with Gasteiger partial charge in [-0.2, -0.15) is 0 Å². The average Bonchev–Trinajstić information content (AvgIpc) is 2.65. The Morgan fingerprint density at radius 1 is 0.846 bits per heavy atom. The number of aromatic nitrogens is 1. The number of hydrogen-bond donors (Lipinski definition) is 1. The van der Waals surface area contributed by atoms with Gasteiger partial charge in [-0.05, 0) is 44.2 Å². The van der Waals surface area contributed by atoms with Crippen molar-refractivity contribution in [2.24, 2.45) is 0 Å². The Morgan fingerprint density at radius 3 is 2.00 bits per heavy atom. The standard InChI is InChI=1S/C23H38N2O/c1-2-3-4-5-6-7-8-9-10-11-12-13-14-15-16-17-23(26)25-22-18-20-24-21-19-22/h9-10,18-21H,2-8,11-17H2,1H3,(H,24,25,26). The lowest BCUT2D eigenvalue weighted by Gasteiger charge is -2.04. The number of nitrogens with one attached hydrogen (secondary N) is 1. The van der Waals surface area contributed by atoms with Crippen LogP contribution in [-0.2, 0) is 4.79 Å². The number of unbranched alkanes of at least 4 members (excludes halogenated alkanes) is 11. The van der Waals surface area contributed by atoms with Gasteiger partial charge in [-0.15, -0.1) is 0 Å². The van der Waals surface area contributed by atoms with Crippen LogP contribution in [0.4, 0.5) is 5.69 Å². The van der Waals surface area contributed by atoms with Gasteiger partial charge >= 0.3 is 0 Å². The smallest absolute Gasteiger partial charge is 0.224 e. The molecule has 1 rings (SSSR count). The van der Waals surface area contributed by atoms with E-state index in [4.69, 9.17) is 0 Å². The zero-order chi connectivity index (χ0) is 18.7. The van der Waals surface area contributed by atoms with Gasteiger partial charge in [0, 0.05) is 24.5 Å². The molecule has 0 aliphatic rings. The molecule has 0 fully saturated rings. The Kier molecular flexibility index (Phi) is 14.5. The minimum absolute atomic E-state index is 0.105. The van der Waals surface area contributed by atoms with E-state index in [0.29, 0.717) is 6.42 Å². The molecule has 1 heterocycles. The van der Waals surface area contributed by atoms with E-state index < -0.39 is 0 Å². The number of carbonyl (C=O) groups excluding carboxylic acids is 1. The van der Waals surface area contributed by atoms with Gasteiger partial charge in [0.25, 0.3) is 0 Å². The van der Waals surface area contributed by atoms with Gasteiger partial charge in [0.15, 0.2) is 0 Å². The molecule has 0 bridgehead atoms. The Balaban J connectivity index is 1.83. The van der Waals surface area contributed by atoms with Gasteiger partial charge in [0.05, 0.1) is 0 Å². The molecule has 3 heteroatoms. The molecule has 0 radical (unpaired) electrons. The maximum atomic E-state index is 11.8. The first-order chi connectivity index (χ1) is 12.8. The number of amides is 1. The van der Waals surface area contributed by atoms with Crippen LogP contribution in [0.5, 0.6) is 0 Å². The predicted molar refractivity (Wildman–Crippen MR) is 112 cm³/mol. The fourth-order valence-corrected chi connectivity index (χ4v) is 3.02. The number of anilines is 1. The molecule has 1 N–H and O–H groups in total. The molecule has 26 heavy (non-hydrogen) atoms. The minimum atomic E-state index is 0.105. The van der Waals surface area contributed by atoms with Gasteiger partial charge in [-0.1, -0.05) is 70.4 Å². The predicted octanol–water partition coefficient (Wildman–Crippen LogP) is 7.06. The zero-order valence-corrected chi connectivity index (χ0v) is 16.7. The van der Waals surface area contributed by atoms with Crippen molar-refractivity contribution in [2.45, 2.75) is 96.8 Å². The lowest BCUT2D eigenvalue weighted by atomic mass is 10.1. The normalized spacial score (nSPS) is 11.1. The molecule has 0 atom stereocenters. The molecular formula is C23H38N2O. The second-order valence-electron chi connectivity index (χ2n) is 7.12. The molecule has 0 aliphatic heterocycles. The molecule has 1 aromatic rings. The fourth-order valence-electron chi connectivity index (χ4n) is 3.02. The Morgan fingerprint density at radius 2 is 1.38 bits per heavy atom. The molecule has 1 aromatic heterocycles. The van der Waals surface area contributed by atoms with Crippen LogP contribution in [-0.4, -0.2) is 10.9 Å². The van der Waals surface area contributed by atoms with Crippen molar-refractivity contribution in [3.63, 3.8) is 0 Å². The van der Waals surface area contributed by atoms with Crippen LogP contribution in [0.25, 0.3) is 0 Å². The Hall–Kier alpha value is -1.64. The van der Waals surface area contributed by atoms with Gasteiger partial charge < -0.3 is 5.32 Å². The van der Waals surface area contributed by atoms with Crippen molar-refractivity contribution in [1.29, 1.82) is 0 Å². The average molecular weight is 359 g/mol. The summed E-state index contributed by atoms with van der Waals surface area (Å²) in [5.41, 5.74) is 0.831. The third-order valence-electron chi connectivity index (χ3n) is 4.63. The highest BCUT2D eigenvalue weighted by molar-refractivity contribution is 5.90. The molecule has 0 spiro atoms. The highest BCUT2D eigenvalue weighted by atomic mass is 16.1. The van der Waals surface area contributed by atoms with Crippen molar-refractivity contribution >= 4 is 11.6 Å². The van der Waals surface area contributed by atoms with Crippen molar-refractivity contribution in [3.8, 4) is 0 Å².